The Morgan fingerprint density at radius 1 is 0.511 bits per heavy atom. The van der Waals surface area contributed by atoms with Gasteiger partial charge in [-0.25, -0.2) is 0 Å². The van der Waals surface area contributed by atoms with Gasteiger partial charge in [0.25, 0.3) is 0 Å². The monoisotopic (exact) mass is 620 g/mol. The maximum atomic E-state index is 6.47. The minimum Gasteiger partial charge on any atom is -0.464 e. The van der Waals surface area contributed by atoms with Crippen LogP contribution in [0.4, 0.5) is 5.69 Å². The van der Waals surface area contributed by atoms with Gasteiger partial charge in [0.2, 0.25) is 0 Å². The molecule has 1 unspecified atom stereocenters. The summed E-state index contributed by atoms with van der Waals surface area (Å²) in [7, 11) is 0. The number of para-hydroxylation sites is 1. The van der Waals surface area contributed by atoms with E-state index >= 15 is 0 Å². The first-order valence-electron chi connectivity index (χ1n) is 16.0. The number of nitrogens with zero attached hydrogens (tertiary/aromatic N) is 1. The minimum absolute atomic E-state index is 0.236. The number of rotatable bonds is 4. The van der Waals surface area contributed by atoms with Crippen LogP contribution in [0.2, 0.25) is 0 Å². The SMILES string of the molecule is c1ccc(-c2ccc(-n3c4ccccc4c4c(-c5ccc(C6Nc7c(ccc8sc9ccccc9c78)O6)cc5)cccc43)cc2)cc1. The van der Waals surface area contributed by atoms with Crippen molar-refractivity contribution in [2.45, 2.75) is 6.23 Å². The Morgan fingerprint density at radius 3 is 2.06 bits per heavy atom. The van der Waals surface area contributed by atoms with E-state index < -0.39 is 0 Å². The fourth-order valence-electron chi connectivity index (χ4n) is 7.29. The average molecular weight is 621 g/mol. The third-order valence-corrected chi connectivity index (χ3v) is 10.6. The molecule has 222 valence electrons. The number of benzene rings is 7. The standard InChI is InChI=1S/C43H28N2OS/c1-2-9-27(10-3-1)28-21-23-31(24-22-28)45-35-14-6-4-11-33(35)40-32(13-8-15-36(40)45)29-17-19-30(20-18-29)43-44-42-37(46-43)25-26-39-41(42)34-12-5-7-16-38(34)47-39/h1-26,43-44H. The van der Waals surface area contributed by atoms with E-state index in [1.807, 2.05) is 11.3 Å². The van der Waals surface area contributed by atoms with E-state index in [0.717, 1.165) is 22.7 Å². The summed E-state index contributed by atoms with van der Waals surface area (Å²) in [6.07, 6.45) is -0.236. The van der Waals surface area contributed by atoms with E-state index in [9.17, 15) is 0 Å². The van der Waals surface area contributed by atoms with E-state index in [4.69, 9.17) is 4.74 Å². The molecule has 9 aromatic rings. The Balaban J connectivity index is 1.03. The van der Waals surface area contributed by atoms with Gasteiger partial charge in [-0.15, -0.1) is 11.3 Å². The van der Waals surface area contributed by atoms with Crippen LogP contribution in [0.1, 0.15) is 11.8 Å². The first-order chi connectivity index (χ1) is 23.3. The Hall–Kier alpha value is -5.84. The normalized spacial score (nSPS) is 14.1. The van der Waals surface area contributed by atoms with E-state index in [1.165, 1.54) is 64.2 Å². The number of anilines is 1. The Labute approximate surface area is 275 Å². The number of aromatic nitrogens is 1. The zero-order chi connectivity index (χ0) is 30.9. The summed E-state index contributed by atoms with van der Waals surface area (Å²) in [4.78, 5) is 0. The number of fused-ring (bicyclic) bond motifs is 8. The molecule has 0 saturated heterocycles. The largest absolute Gasteiger partial charge is 0.464 e. The summed E-state index contributed by atoms with van der Waals surface area (Å²) in [5.41, 5.74) is 10.6. The average Bonchev–Trinajstić information content (AvgIpc) is 3.84. The van der Waals surface area contributed by atoms with Crippen LogP contribution in [-0.2, 0) is 0 Å². The molecule has 1 atom stereocenters. The molecule has 2 aromatic heterocycles. The summed E-state index contributed by atoms with van der Waals surface area (Å²) < 4.78 is 11.4. The van der Waals surface area contributed by atoms with E-state index in [1.54, 1.807) is 0 Å². The van der Waals surface area contributed by atoms with Crippen LogP contribution in [-0.4, -0.2) is 4.57 Å². The first-order valence-corrected chi connectivity index (χ1v) is 16.8. The van der Waals surface area contributed by atoms with E-state index in [0.29, 0.717) is 0 Å². The predicted molar refractivity (Wildman–Crippen MR) is 198 cm³/mol. The lowest BCUT2D eigenvalue weighted by Gasteiger charge is -2.13. The lowest BCUT2D eigenvalue weighted by molar-refractivity contribution is 0.260. The van der Waals surface area contributed by atoms with Gasteiger partial charge >= 0.3 is 0 Å². The van der Waals surface area contributed by atoms with Gasteiger partial charge in [-0.2, -0.15) is 0 Å². The number of ether oxygens (including phenoxy) is 1. The van der Waals surface area contributed by atoms with Gasteiger partial charge in [-0.3, -0.25) is 0 Å². The van der Waals surface area contributed by atoms with Crippen LogP contribution in [0, 0.1) is 0 Å². The van der Waals surface area contributed by atoms with Crippen molar-refractivity contribution in [3.63, 3.8) is 0 Å². The maximum absolute atomic E-state index is 6.47. The molecule has 0 bridgehead atoms. The highest BCUT2D eigenvalue weighted by molar-refractivity contribution is 7.26. The Morgan fingerprint density at radius 2 is 1.21 bits per heavy atom. The molecule has 0 spiro atoms. The molecule has 47 heavy (non-hydrogen) atoms. The molecule has 3 heterocycles. The van der Waals surface area contributed by atoms with Gasteiger partial charge in [0, 0.05) is 42.2 Å². The third kappa shape index (κ3) is 4.12. The number of hydrogen-bond donors (Lipinski definition) is 1. The van der Waals surface area contributed by atoms with Crippen molar-refractivity contribution in [1.29, 1.82) is 0 Å². The molecule has 1 aliphatic rings. The van der Waals surface area contributed by atoms with Crippen molar-refractivity contribution in [2.24, 2.45) is 0 Å². The maximum Gasteiger partial charge on any atom is 0.196 e. The van der Waals surface area contributed by atoms with E-state index in [2.05, 4.69) is 168 Å². The molecule has 7 aromatic carbocycles. The molecule has 0 amide bonds. The Kier molecular flexibility index (Phi) is 5.81. The van der Waals surface area contributed by atoms with Crippen molar-refractivity contribution in [3.8, 4) is 33.7 Å². The quantitative estimate of drug-likeness (QED) is 0.212. The topological polar surface area (TPSA) is 26.2 Å². The zero-order valence-corrected chi connectivity index (χ0v) is 26.2. The summed E-state index contributed by atoms with van der Waals surface area (Å²) in [6.45, 7) is 0. The number of nitrogens with one attached hydrogen (secondary N) is 1. The fraction of sp³-hybridized carbons (Fsp3) is 0.0233. The molecule has 4 heteroatoms. The van der Waals surface area contributed by atoms with Gasteiger partial charge in [-0.1, -0.05) is 115 Å². The second-order valence-electron chi connectivity index (χ2n) is 12.1. The van der Waals surface area contributed by atoms with Gasteiger partial charge < -0.3 is 14.6 Å². The molecule has 1 aliphatic heterocycles. The molecule has 0 fully saturated rings. The van der Waals surface area contributed by atoms with Crippen LogP contribution in [0.15, 0.2) is 158 Å². The summed E-state index contributed by atoms with van der Waals surface area (Å²) in [5.74, 6) is 0.907. The molecular formula is C43H28N2OS. The summed E-state index contributed by atoms with van der Waals surface area (Å²) in [5, 5.41) is 8.74. The van der Waals surface area contributed by atoms with Gasteiger partial charge in [0.1, 0.15) is 5.75 Å². The Bertz CT molecular complexity index is 2620. The van der Waals surface area contributed by atoms with E-state index in [-0.39, 0.29) is 6.23 Å². The van der Waals surface area contributed by atoms with Crippen molar-refractivity contribution < 1.29 is 4.74 Å². The second-order valence-corrected chi connectivity index (χ2v) is 13.2. The predicted octanol–water partition coefficient (Wildman–Crippen LogP) is 12.0. The summed E-state index contributed by atoms with van der Waals surface area (Å²) >= 11 is 1.83. The van der Waals surface area contributed by atoms with Crippen LogP contribution in [0.25, 0.3) is 69.9 Å². The molecule has 3 nitrogen and oxygen atoms in total. The first kappa shape index (κ1) is 26.4. The lowest BCUT2D eigenvalue weighted by Crippen LogP contribution is -2.09. The van der Waals surface area contributed by atoms with Gasteiger partial charge in [0.05, 0.1) is 16.7 Å². The van der Waals surface area contributed by atoms with Crippen LogP contribution in [0.5, 0.6) is 5.75 Å². The third-order valence-electron chi connectivity index (χ3n) is 9.48. The summed E-state index contributed by atoms with van der Waals surface area (Å²) in [6, 6.07) is 56.6. The molecule has 10 rings (SSSR count). The smallest absolute Gasteiger partial charge is 0.196 e. The van der Waals surface area contributed by atoms with Crippen LogP contribution >= 0.6 is 11.3 Å². The van der Waals surface area contributed by atoms with Crippen LogP contribution < -0.4 is 10.1 Å². The highest BCUT2D eigenvalue weighted by Crippen LogP contribution is 2.48. The van der Waals surface area contributed by atoms with Crippen LogP contribution in [0.3, 0.4) is 0 Å². The van der Waals surface area contributed by atoms with Gasteiger partial charge in [-0.05, 0) is 64.7 Å². The molecular weight excluding hydrogens is 593 g/mol. The van der Waals surface area contributed by atoms with Gasteiger partial charge in [0.15, 0.2) is 6.23 Å². The zero-order valence-electron chi connectivity index (χ0n) is 25.4. The fourth-order valence-corrected chi connectivity index (χ4v) is 8.40. The number of hydrogen-bond acceptors (Lipinski definition) is 3. The lowest BCUT2D eigenvalue weighted by atomic mass is 9.98. The van der Waals surface area contributed by atoms with Crippen molar-refractivity contribution in [3.05, 3.63) is 163 Å². The van der Waals surface area contributed by atoms with Crippen molar-refractivity contribution in [1.82, 2.24) is 4.57 Å². The molecule has 0 radical (unpaired) electrons. The van der Waals surface area contributed by atoms with Crippen molar-refractivity contribution in [2.75, 3.05) is 5.32 Å². The molecule has 0 saturated carbocycles. The van der Waals surface area contributed by atoms with Crippen molar-refractivity contribution >= 4 is 59.0 Å². The minimum atomic E-state index is -0.236. The molecule has 1 N–H and O–H groups in total. The molecule has 0 aliphatic carbocycles. The number of thiophene rings is 1. The highest BCUT2D eigenvalue weighted by atomic mass is 32.1. The highest BCUT2D eigenvalue weighted by Gasteiger charge is 2.27. The second kappa shape index (κ2) is 10.3.